The number of esters is 1. The Labute approximate surface area is 131 Å². The van der Waals surface area contributed by atoms with Gasteiger partial charge in [0.1, 0.15) is 17.7 Å². The summed E-state index contributed by atoms with van der Waals surface area (Å²) < 4.78 is 10.2. The Morgan fingerprint density at radius 2 is 1.68 bits per heavy atom. The number of ether oxygens (including phenoxy) is 2. The predicted molar refractivity (Wildman–Crippen MR) is 80.2 cm³/mol. The van der Waals surface area contributed by atoms with Crippen LogP contribution >= 0.6 is 0 Å². The van der Waals surface area contributed by atoms with Crippen molar-refractivity contribution in [2.75, 3.05) is 13.1 Å². The van der Waals surface area contributed by atoms with Gasteiger partial charge in [-0.1, -0.05) is 0 Å². The normalized spacial score (nSPS) is 17.6. The van der Waals surface area contributed by atoms with Crippen molar-refractivity contribution >= 4 is 18.0 Å². The molecule has 1 N–H and O–H groups in total. The van der Waals surface area contributed by atoms with E-state index in [0.717, 1.165) is 12.8 Å². The summed E-state index contributed by atoms with van der Waals surface area (Å²) in [5, 5.41) is 2.53. The maximum Gasteiger partial charge on any atom is 0.408 e. The van der Waals surface area contributed by atoms with Crippen molar-refractivity contribution < 1.29 is 23.9 Å². The molecule has 0 spiro atoms. The number of nitrogens with zero attached hydrogens (tertiary/aromatic N) is 1. The van der Waals surface area contributed by atoms with Gasteiger partial charge in [0.25, 0.3) is 0 Å². The summed E-state index contributed by atoms with van der Waals surface area (Å²) in [6.45, 7) is 9.35. The smallest absolute Gasteiger partial charge is 0.408 e. The van der Waals surface area contributed by atoms with Crippen molar-refractivity contribution in [3.63, 3.8) is 0 Å². The van der Waals surface area contributed by atoms with Crippen LogP contribution in [0.1, 0.15) is 47.5 Å². The molecule has 0 radical (unpaired) electrons. The van der Waals surface area contributed by atoms with Crippen LogP contribution in [0, 0.1) is 0 Å². The lowest BCUT2D eigenvalue weighted by molar-refractivity contribution is -0.150. The number of likely N-dealkylation sites (tertiary alicyclic amines) is 1. The first-order valence-electron chi connectivity index (χ1n) is 7.55. The van der Waals surface area contributed by atoms with Crippen molar-refractivity contribution in [1.82, 2.24) is 10.2 Å². The molecule has 7 nitrogen and oxygen atoms in total. The standard InChI is InChI=1S/C15H26N2O5/c1-10(21-11(2)18)12(13(19)17-8-6-7-9-17)16-14(20)22-15(3,4)5/h10,12H,6-9H2,1-5H3,(H,16,20). The summed E-state index contributed by atoms with van der Waals surface area (Å²) in [7, 11) is 0. The molecular formula is C15H26N2O5. The fourth-order valence-corrected chi connectivity index (χ4v) is 2.28. The number of hydrogen-bond donors (Lipinski definition) is 1. The van der Waals surface area contributed by atoms with Gasteiger partial charge in [-0.3, -0.25) is 9.59 Å². The maximum absolute atomic E-state index is 12.5. The molecule has 22 heavy (non-hydrogen) atoms. The second kappa shape index (κ2) is 7.47. The van der Waals surface area contributed by atoms with Crippen LogP contribution in [0.5, 0.6) is 0 Å². The maximum atomic E-state index is 12.5. The highest BCUT2D eigenvalue weighted by molar-refractivity contribution is 5.87. The Morgan fingerprint density at radius 3 is 2.14 bits per heavy atom. The summed E-state index contributed by atoms with van der Waals surface area (Å²) >= 11 is 0. The second-order valence-electron chi connectivity index (χ2n) is 6.47. The van der Waals surface area contributed by atoms with Crippen LogP contribution < -0.4 is 5.32 Å². The third-order valence-corrected chi connectivity index (χ3v) is 3.18. The molecule has 1 saturated heterocycles. The van der Waals surface area contributed by atoms with Crippen LogP contribution in [0.4, 0.5) is 4.79 Å². The number of rotatable bonds is 4. The number of nitrogens with one attached hydrogen (secondary N) is 1. The zero-order valence-electron chi connectivity index (χ0n) is 14.0. The quantitative estimate of drug-likeness (QED) is 0.794. The Bertz CT molecular complexity index is 424. The molecule has 0 bridgehead atoms. The van der Waals surface area contributed by atoms with Gasteiger partial charge in [-0.2, -0.15) is 0 Å². The average Bonchev–Trinajstić information content (AvgIpc) is 2.85. The van der Waals surface area contributed by atoms with E-state index in [1.165, 1.54) is 6.92 Å². The van der Waals surface area contributed by atoms with E-state index in [2.05, 4.69) is 5.32 Å². The van der Waals surface area contributed by atoms with E-state index in [0.29, 0.717) is 13.1 Å². The van der Waals surface area contributed by atoms with Crippen molar-refractivity contribution in [3.05, 3.63) is 0 Å². The lowest BCUT2D eigenvalue weighted by Gasteiger charge is -2.29. The molecule has 126 valence electrons. The molecule has 0 saturated carbocycles. The molecule has 2 amide bonds. The van der Waals surface area contributed by atoms with Gasteiger partial charge in [-0.05, 0) is 40.5 Å². The molecule has 2 atom stereocenters. The second-order valence-corrected chi connectivity index (χ2v) is 6.47. The van der Waals surface area contributed by atoms with E-state index in [1.54, 1.807) is 32.6 Å². The average molecular weight is 314 g/mol. The first kappa shape index (κ1) is 18.3. The lowest BCUT2D eigenvalue weighted by Crippen LogP contribution is -2.54. The molecule has 0 aromatic carbocycles. The predicted octanol–water partition coefficient (Wildman–Crippen LogP) is 1.45. The molecule has 1 aliphatic heterocycles. The first-order valence-corrected chi connectivity index (χ1v) is 7.55. The Kier molecular flexibility index (Phi) is 6.20. The topological polar surface area (TPSA) is 84.9 Å². The van der Waals surface area contributed by atoms with E-state index < -0.39 is 29.8 Å². The molecule has 0 aromatic heterocycles. The van der Waals surface area contributed by atoms with Gasteiger partial charge in [-0.25, -0.2) is 4.79 Å². The summed E-state index contributed by atoms with van der Waals surface area (Å²) in [6.07, 6.45) is 0.404. The highest BCUT2D eigenvalue weighted by atomic mass is 16.6. The molecule has 0 aliphatic carbocycles. The first-order chi connectivity index (χ1) is 10.1. The fraction of sp³-hybridized carbons (Fsp3) is 0.800. The summed E-state index contributed by atoms with van der Waals surface area (Å²) in [5.41, 5.74) is -0.671. The number of hydrogen-bond acceptors (Lipinski definition) is 5. The third-order valence-electron chi connectivity index (χ3n) is 3.18. The monoisotopic (exact) mass is 314 g/mol. The van der Waals surface area contributed by atoms with Crippen molar-refractivity contribution in [3.8, 4) is 0 Å². The van der Waals surface area contributed by atoms with E-state index in [1.807, 2.05) is 0 Å². The molecule has 1 heterocycles. The Hall–Kier alpha value is -1.79. The largest absolute Gasteiger partial charge is 0.460 e. The minimum Gasteiger partial charge on any atom is -0.460 e. The highest BCUT2D eigenvalue weighted by Crippen LogP contribution is 2.13. The van der Waals surface area contributed by atoms with E-state index in [9.17, 15) is 14.4 Å². The Balaban J connectivity index is 2.78. The van der Waals surface area contributed by atoms with Gasteiger partial charge in [0.2, 0.25) is 5.91 Å². The minimum atomic E-state index is -0.947. The van der Waals surface area contributed by atoms with E-state index >= 15 is 0 Å². The van der Waals surface area contributed by atoms with Gasteiger partial charge in [-0.15, -0.1) is 0 Å². The molecule has 2 unspecified atom stereocenters. The van der Waals surface area contributed by atoms with Crippen LogP contribution in [0.15, 0.2) is 0 Å². The van der Waals surface area contributed by atoms with Gasteiger partial charge in [0, 0.05) is 20.0 Å². The number of amides is 2. The van der Waals surface area contributed by atoms with E-state index in [4.69, 9.17) is 9.47 Å². The minimum absolute atomic E-state index is 0.253. The molecule has 1 aliphatic rings. The van der Waals surface area contributed by atoms with Gasteiger partial charge >= 0.3 is 12.1 Å². The molecule has 7 heteroatoms. The molecule has 1 rings (SSSR count). The van der Waals surface area contributed by atoms with Crippen LogP contribution in [0.2, 0.25) is 0 Å². The zero-order chi connectivity index (χ0) is 16.9. The SMILES string of the molecule is CC(=O)OC(C)C(NC(=O)OC(C)(C)C)C(=O)N1CCCC1. The van der Waals surface area contributed by atoms with Gasteiger partial charge in [0.15, 0.2) is 0 Å². The zero-order valence-corrected chi connectivity index (χ0v) is 14.0. The van der Waals surface area contributed by atoms with Crippen molar-refractivity contribution in [1.29, 1.82) is 0 Å². The van der Waals surface area contributed by atoms with Gasteiger partial charge < -0.3 is 19.7 Å². The van der Waals surface area contributed by atoms with Crippen LogP contribution in [0.25, 0.3) is 0 Å². The Morgan fingerprint density at radius 1 is 1.14 bits per heavy atom. The fourth-order valence-electron chi connectivity index (χ4n) is 2.28. The number of carbonyl (C=O) groups excluding carboxylic acids is 3. The summed E-state index contributed by atoms with van der Waals surface area (Å²) in [4.78, 5) is 37.3. The molecular weight excluding hydrogens is 288 g/mol. The number of carbonyl (C=O) groups is 3. The van der Waals surface area contributed by atoms with Crippen molar-refractivity contribution in [2.45, 2.75) is 65.2 Å². The molecule has 1 fully saturated rings. The van der Waals surface area contributed by atoms with Crippen molar-refractivity contribution in [2.24, 2.45) is 0 Å². The number of alkyl carbamates (subject to hydrolysis) is 1. The third kappa shape index (κ3) is 5.91. The summed E-state index contributed by atoms with van der Waals surface area (Å²) in [5.74, 6) is -0.755. The van der Waals surface area contributed by atoms with Crippen LogP contribution in [-0.2, 0) is 19.1 Å². The summed E-state index contributed by atoms with van der Waals surface area (Å²) in [6, 6.07) is -0.947. The van der Waals surface area contributed by atoms with Crippen LogP contribution in [0.3, 0.4) is 0 Å². The molecule has 0 aromatic rings. The lowest BCUT2D eigenvalue weighted by atomic mass is 10.1. The van der Waals surface area contributed by atoms with Gasteiger partial charge in [0.05, 0.1) is 0 Å². The van der Waals surface area contributed by atoms with E-state index in [-0.39, 0.29) is 5.91 Å². The van der Waals surface area contributed by atoms with Crippen LogP contribution in [-0.4, -0.2) is 53.7 Å². The highest BCUT2D eigenvalue weighted by Gasteiger charge is 2.34.